The average molecular weight is 699 g/mol. The van der Waals surface area contributed by atoms with E-state index in [0.717, 1.165) is 63.4 Å². The maximum atomic E-state index is 13.1. The molecule has 2 fully saturated rings. The van der Waals surface area contributed by atoms with Gasteiger partial charge in [0.05, 0.1) is 12.2 Å². The zero-order chi connectivity index (χ0) is 35.4. The minimum absolute atomic E-state index is 0.00966. The maximum Gasteiger partial charge on any atom is 0.410 e. The smallest absolute Gasteiger partial charge is 0.410 e. The van der Waals surface area contributed by atoms with Crippen molar-refractivity contribution in [3.63, 3.8) is 0 Å². The normalized spacial score (nSPS) is 18.8. The van der Waals surface area contributed by atoms with Gasteiger partial charge in [-0.1, -0.05) is 84.9 Å². The highest BCUT2D eigenvalue weighted by atomic mass is 16.6. The summed E-state index contributed by atoms with van der Waals surface area (Å²) in [7, 11) is 2.15. The molecule has 4 heterocycles. The molecule has 52 heavy (non-hydrogen) atoms. The summed E-state index contributed by atoms with van der Waals surface area (Å²) in [4.78, 5) is 32.1. The fraction of sp³-hybridized carbons (Fsp3) is 0.357. The number of likely N-dealkylation sites (N-methyl/N-ethyl adjacent to an activating group) is 1. The number of likely N-dealkylation sites (tertiary alicyclic amines) is 1. The van der Waals surface area contributed by atoms with Gasteiger partial charge in [0, 0.05) is 61.0 Å². The molecule has 10 nitrogen and oxygen atoms in total. The van der Waals surface area contributed by atoms with E-state index in [4.69, 9.17) is 24.2 Å². The van der Waals surface area contributed by atoms with Gasteiger partial charge in [-0.15, -0.1) is 0 Å². The van der Waals surface area contributed by atoms with E-state index in [9.17, 15) is 4.79 Å². The van der Waals surface area contributed by atoms with Gasteiger partial charge in [-0.2, -0.15) is 9.97 Å². The Labute approximate surface area is 305 Å². The molecule has 5 aromatic rings. The molecule has 3 aliphatic rings. The molecule has 2 atom stereocenters. The predicted molar refractivity (Wildman–Crippen MR) is 203 cm³/mol. The summed E-state index contributed by atoms with van der Waals surface area (Å²) in [6.07, 6.45) is 1.99. The summed E-state index contributed by atoms with van der Waals surface area (Å²) < 4.78 is 18.4. The van der Waals surface area contributed by atoms with Crippen LogP contribution < -0.4 is 19.3 Å². The second-order valence-corrected chi connectivity index (χ2v) is 14.2. The third-order valence-electron chi connectivity index (χ3n) is 10.6. The molecule has 268 valence electrons. The molecule has 2 unspecified atom stereocenters. The van der Waals surface area contributed by atoms with Crippen molar-refractivity contribution in [2.24, 2.45) is 0 Å². The van der Waals surface area contributed by atoms with Crippen LogP contribution in [0, 0.1) is 0 Å². The highest BCUT2D eigenvalue weighted by Crippen LogP contribution is 2.40. The molecule has 4 aromatic carbocycles. The molecule has 3 aliphatic heterocycles. The number of hydrogen-bond donors (Lipinski definition) is 0. The summed E-state index contributed by atoms with van der Waals surface area (Å²) >= 11 is 0. The van der Waals surface area contributed by atoms with E-state index in [1.54, 1.807) is 4.90 Å². The first-order chi connectivity index (χ1) is 25.5. The Morgan fingerprint density at radius 2 is 1.58 bits per heavy atom. The van der Waals surface area contributed by atoms with Gasteiger partial charge < -0.3 is 33.8 Å². The molecule has 1 amide bonds. The minimum atomic E-state index is -0.291. The van der Waals surface area contributed by atoms with E-state index in [-0.39, 0.29) is 18.7 Å². The summed E-state index contributed by atoms with van der Waals surface area (Å²) in [6.45, 7) is 7.50. The Hall–Kier alpha value is -5.35. The Bertz CT molecular complexity index is 2010. The fourth-order valence-corrected chi connectivity index (χ4v) is 7.65. The molecule has 0 radical (unpaired) electrons. The van der Waals surface area contributed by atoms with Crippen LogP contribution in [0.2, 0.25) is 0 Å². The lowest BCUT2D eigenvalue weighted by Crippen LogP contribution is -2.54. The van der Waals surface area contributed by atoms with Crippen LogP contribution in [0.25, 0.3) is 10.8 Å². The monoisotopic (exact) mass is 698 g/mol. The second-order valence-electron chi connectivity index (χ2n) is 14.2. The number of amides is 1. The zero-order valence-electron chi connectivity index (χ0n) is 30.0. The number of ether oxygens (including phenoxy) is 3. The van der Waals surface area contributed by atoms with E-state index in [1.165, 1.54) is 6.42 Å². The predicted octanol–water partition coefficient (Wildman–Crippen LogP) is 7.05. The van der Waals surface area contributed by atoms with Gasteiger partial charge in [0.2, 0.25) is 0 Å². The van der Waals surface area contributed by atoms with Crippen molar-refractivity contribution in [3.05, 3.63) is 119 Å². The van der Waals surface area contributed by atoms with E-state index in [1.807, 2.05) is 48.5 Å². The molecular formula is C42H46N6O4. The van der Waals surface area contributed by atoms with Gasteiger partial charge >= 0.3 is 12.1 Å². The quantitative estimate of drug-likeness (QED) is 0.152. The number of nitrogens with zero attached hydrogens (tertiary/aromatic N) is 6. The largest absolute Gasteiger partial charge is 0.489 e. The second kappa shape index (κ2) is 15.1. The van der Waals surface area contributed by atoms with Crippen molar-refractivity contribution in [2.45, 2.75) is 58.2 Å². The van der Waals surface area contributed by atoms with Gasteiger partial charge in [-0.3, -0.25) is 0 Å². The van der Waals surface area contributed by atoms with Crippen LogP contribution in [0.4, 0.5) is 16.3 Å². The maximum absolute atomic E-state index is 13.1. The SMILES string of the molecule is CC1CN(C(=O)OCc2ccccc2)CCN1c1nc(OCC2CCCN2C)nc2c1CN(c1cc(OCc3ccccc3)cc3ccccc13)C2. The Balaban J connectivity index is 1.05. The number of hydrogen-bond acceptors (Lipinski definition) is 9. The van der Waals surface area contributed by atoms with Crippen LogP contribution in [0.15, 0.2) is 97.1 Å². The van der Waals surface area contributed by atoms with Crippen LogP contribution in [-0.4, -0.2) is 77.8 Å². The highest BCUT2D eigenvalue weighted by Gasteiger charge is 2.35. The van der Waals surface area contributed by atoms with Crippen LogP contribution in [-0.2, 0) is 31.0 Å². The molecular weight excluding hydrogens is 652 g/mol. The van der Waals surface area contributed by atoms with Gasteiger partial charge in [-0.05, 0) is 55.9 Å². The van der Waals surface area contributed by atoms with Gasteiger partial charge in [0.1, 0.15) is 31.4 Å². The third-order valence-corrected chi connectivity index (χ3v) is 10.6. The molecule has 0 bridgehead atoms. The molecule has 0 spiro atoms. The standard InChI is InChI=1S/C42H46N6O4/c1-30-24-46(42(49)52-28-32-14-7-4-8-15-32)20-21-48(30)40-37-25-47(26-38(37)43-41(44-40)51-29-34-17-11-19-45(34)2)39-23-35(22-33-16-9-10-18-36(33)39)50-27-31-12-5-3-6-13-31/h3-10,12-16,18,22-23,30,34H,11,17,19-21,24-29H2,1-2H3. The van der Waals surface area contributed by atoms with E-state index in [0.29, 0.717) is 58.0 Å². The first-order valence-corrected chi connectivity index (χ1v) is 18.4. The lowest BCUT2D eigenvalue weighted by atomic mass is 10.1. The number of anilines is 2. The average Bonchev–Trinajstić information content (AvgIpc) is 3.81. The topological polar surface area (TPSA) is 83.5 Å². The van der Waals surface area contributed by atoms with E-state index >= 15 is 0 Å². The minimum Gasteiger partial charge on any atom is -0.489 e. The molecule has 8 rings (SSSR count). The first kappa shape index (κ1) is 33.8. The molecule has 1 aromatic heterocycles. The summed E-state index contributed by atoms with van der Waals surface area (Å²) in [5, 5.41) is 2.28. The van der Waals surface area contributed by atoms with Gasteiger partial charge in [0.15, 0.2) is 0 Å². The van der Waals surface area contributed by atoms with Crippen LogP contribution in [0.5, 0.6) is 11.8 Å². The Kier molecular flexibility index (Phi) is 9.80. The van der Waals surface area contributed by atoms with Crippen LogP contribution in [0.1, 0.15) is 42.1 Å². The lowest BCUT2D eigenvalue weighted by Gasteiger charge is -2.40. The van der Waals surface area contributed by atoms with Crippen molar-refractivity contribution in [1.82, 2.24) is 19.8 Å². The molecule has 0 saturated carbocycles. The molecule has 2 saturated heterocycles. The summed E-state index contributed by atoms with van der Waals surface area (Å²) in [5.41, 5.74) is 5.26. The van der Waals surface area contributed by atoms with E-state index in [2.05, 4.69) is 77.2 Å². The van der Waals surface area contributed by atoms with Gasteiger partial charge in [-0.25, -0.2) is 4.79 Å². The molecule has 0 aliphatic carbocycles. The number of fused-ring (bicyclic) bond motifs is 2. The van der Waals surface area contributed by atoms with Crippen molar-refractivity contribution < 1.29 is 19.0 Å². The van der Waals surface area contributed by atoms with Crippen molar-refractivity contribution in [3.8, 4) is 11.8 Å². The Morgan fingerprint density at radius 3 is 2.33 bits per heavy atom. The number of rotatable bonds is 10. The highest BCUT2D eigenvalue weighted by molar-refractivity contribution is 5.96. The fourth-order valence-electron chi connectivity index (χ4n) is 7.65. The summed E-state index contributed by atoms with van der Waals surface area (Å²) in [5.74, 6) is 1.71. The number of carbonyl (C=O) groups is 1. The Morgan fingerprint density at radius 1 is 0.827 bits per heavy atom. The third kappa shape index (κ3) is 7.34. The first-order valence-electron chi connectivity index (χ1n) is 18.4. The number of benzene rings is 4. The molecule has 10 heteroatoms. The number of carbonyl (C=O) groups excluding carboxylic acids is 1. The van der Waals surface area contributed by atoms with Crippen LogP contribution in [0.3, 0.4) is 0 Å². The van der Waals surface area contributed by atoms with Gasteiger partial charge in [0.25, 0.3) is 0 Å². The molecule has 0 N–H and O–H groups in total. The number of piperazine rings is 1. The number of aromatic nitrogens is 2. The lowest BCUT2D eigenvalue weighted by molar-refractivity contribution is 0.0897. The van der Waals surface area contributed by atoms with Crippen molar-refractivity contribution >= 4 is 28.4 Å². The van der Waals surface area contributed by atoms with Crippen molar-refractivity contribution in [1.29, 1.82) is 0 Å². The zero-order valence-corrected chi connectivity index (χ0v) is 30.0. The summed E-state index contributed by atoms with van der Waals surface area (Å²) in [6, 6.07) is 33.6. The van der Waals surface area contributed by atoms with Crippen LogP contribution >= 0.6 is 0 Å². The van der Waals surface area contributed by atoms with E-state index < -0.39 is 0 Å². The van der Waals surface area contributed by atoms with Crippen molar-refractivity contribution in [2.75, 3.05) is 49.6 Å².